The van der Waals surface area contributed by atoms with Crippen LogP contribution in [0.15, 0.2) is 72.8 Å². The van der Waals surface area contributed by atoms with Crippen molar-refractivity contribution >= 4 is 5.97 Å². The molecule has 0 N–H and O–H groups in total. The molecule has 3 rings (SSSR count). The van der Waals surface area contributed by atoms with Gasteiger partial charge in [0.1, 0.15) is 36.0 Å². The van der Waals surface area contributed by atoms with E-state index in [1.54, 1.807) is 24.3 Å². The van der Waals surface area contributed by atoms with Gasteiger partial charge < -0.3 is 14.2 Å². The summed E-state index contributed by atoms with van der Waals surface area (Å²) in [6.07, 6.45) is 0. The summed E-state index contributed by atoms with van der Waals surface area (Å²) in [6.45, 7) is 4.62. The predicted molar refractivity (Wildman–Crippen MR) is 105 cm³/mol. The molecule has 0 bridgehead atoms. The zero-order valence-corrected chi connectivity index (χ0v) is 15.5. The molecule has 27 heavy (non-hydrogen) atoms. The van der Waals surface area contributed by atoms with Crippen LogP contribution >= 0.6 is 0 Å². The molecule has 0 heterocycles. The fraction of sp³-hybridized carbons (Fsp3) is 0.174. The second-order valence-electron chi connectivity index (χ2n) is 6.16. The molecule has 3 aromatic carbocycles. The Kier molecular flexibility index (Phi) is 6.10. The van der Waals surface area contributed by atoms with Gasteiger partial charge in [-0.3, -0.25) is 0 Å². The molecule has 138 valence electrons. The number of ether oxygens (including phenoxy) is 3. The van der Waals surface area contributed by atoms with Crippen LogP contribution in [-0.4, -0.2) is 19.2 Å². The Labute approximate surface area is 159 Å². The van der Waals surface area contributed by atoms with Gasteiger partial charge in [-0.1, -0.05) is 48.0 Å². The van der Waals surface area contributed by atoms with Gasteiger partial charge in [0.2, 0.25) is 0 Å². The van der Waals surface area contributed by atoms with Crippen molar-refractivity contribution in [1.82, 2.24) is 0 Å². The molecule has 4 nitrogen and oxygen atoms in total. The van der Waals surface area contributed by atoms with Crippen molar-refractivity contribution in [2.45, 2.75) is 13.8 Å². The van der Waals surface area contributed by atoms with Gasteiger partial charge in [0, 0.05) is 0 Å². The zero-order chi connectivity index (χ0) is 19.1. The first kappa shape index (κ1) is 18.5. The third-order valence-corrected chi connectivity index (χ3v) is 3.99. The number of carbonyl (C=O) groups excluding carboxylic acids is 1. The average molecular weight is 362 g/mol. The molecule has 0 radical (unpaired) electrons. The fourth-order valence-corrected chi connectivity index (χ4v) is 2.66. The number of aryl methyl sites for hydroxylation is 2. The van der Waals surface area contributed by atoms with E-state index in [9.17, 15) is 4.79 Å². The summed E-state index contributed by atoms with van der Waals surface area (Å²) < 4.78 is 16.9. The summed E-state index contributed by atoms with van der Waals surface area (Å²) in [5.41, 5.74) is 2.42. The highest BCUT2D eigenvalue weighted by Gasteiger charge is 2.15. The smallest absolute Gasteiger partial charge is 0.347 e. The maximum absolute atomic E-state index is 12.6. The molecule has 0 saturated heterocycles. The molecule has 0 aliphatic carbocycles. The molecule has 0 fully saturated rings. The lowest BCUT2D eigenvalue weighted by Gasteiger charge is -2.13. The van der Waals surface area contributed by atoms with Crippen LogP contribution in [0.2, 0.25) is 0 Å². The summed E-state index contributed by atoms with van der Waals surface area (Å²) in [7, 11) is 0. The number of hydrogen-bond donors (Lipinski definition) is 0. The summed E-state index contributed by atoms with van der Waals surface area (Å²) in [5.74, 6) is 1.36. The molecule has 0 aromatic heterocycles. The maximum Gasteiger partial charge on any atom is 0.347 e. The summed E-state index contributed by atoms with van der Waals surface area (Å²) in [4.78, 5) is 12.6. The van der Waals surface area contributed by atoms with E-state index in [1.165, 1.54) is 0 Å². The van der Waals surface area contributed by atoms with Gasteiger partial charge in [-0.05, 0) is 49.7 Å². The Morgan fingerprint density at radius 3 is 2.26 bits per heavy atom. The normalized spacial score (nSPS) is 10.3. The van der Waals surface area contributed by atoms with E-state index in [-0.39, 0.29) is 0 Å². The molecule has 4 heteroatoms. The zero-order valence-electron chi connectivity index (χ0n) is 15.5. The van der Waals surface area contributed by atoms with Gasteiger partial charge in [0.25, 0.3) is 0 Å². The topological polar surface area (TPSA) is 44.8 Å². The van der Waals surface area contributed by atoms with E-state index in [4.69, 9.17) is 14.2 Å². The first-order chi connectivity index (χ1) is 13.1. The summed E-state index contributed by atoms with van der Waals surface area (Å²) >= 11 is 0. The SMILES string of the molecule is Cc1ccc(OC(=O)c2ccccc2OCCOc2ccccc2)c(C)c1. The van der Waals surface area contributed by atoms with Crippen LogP contribution < -0.4 is 14.2 Å². The number of rotatable bonds is 7. The van der Waals surface area contributed by atoms with E-state index in [1.807, 2.05) is 62.4 Å². The second-order valence-corrected chi connectivity index (χ2v) is 6.16. The van der Waals surface area contributed by atoms with Crippen LogP contribution in [-0.2, 0) is 0 Å². The summed E-state index contributed by atoms with van der Waals surface area (Å²) in [6, 6.07) is 22.3. The van der Waals surface area contributed by atoms with Crippen LogP contribution in [0.5, 0.6) is 17.2 Å². The van der Waals surface area contributed by atoms with Crippen molar-refractivity contribution < 1.29 is 19.0 Å². The lowest BCUT2D eigenvalue weighted by molar-refractivity contribution is 0.0728. The van der Waals surface area contributed by atoms with Crippen molar-refractivity contribution in [2.24, 2.45) is 0 Å². The molecule has 0 aliphatic heterocycles. The molecular formula is C23H22O4. The van der Waals surface area contributed by atoms with Gasteiger partial charge in [-0.25, -0.2) is 4.79 Å². The lowest BCUT2D eigenvalue weighted by Crippen LogP contribution is -2.14. The van der Waals surface area contributed by atoms with Crippen molar-refractivity contribution in [1.29, 1.82) is 0 Å². The van der Waals surface area contributed by atoms with Crippen molar-refractivity contribution in [2.75, 3.05) is 13.2 Å². The molecule has 0 atom stereocenters. The first-order valence-corrected chi connectivity index (χ1v) is 8.82. The average Bonchev–Trinajstić information content (AvgIpc) is 2.68. The van der Waals surface area contributed by atoms with E-state index in [2.05, 4.69) is 0 Å². The minimum atomic E-state index is -0.443. The van der Waals surface area contributed by atoms with Crippen LogP contribution in [0.1, 0.15) is 21.5 Å². The number of esters is 1. The van der Waals surface area contributed by atoms with Gasteiger partial charge >= 0.3 is 5.97 Å². The van der Waals surface area contributed by atoms with Crippen molar-refractivity contribution in [3.05, 3.63) is 89.5 Å². The van der Waals surface area contributed by atoms with E-state index < -0.39 is 5.97 Å². The Bertz CT molecular complexity index is 903. The van der Waals surface area contributed by atoms with Gasteiger partial charge in [0.15, 0.2) is 0 Å². The van der Waals surface area contributed by atoms with Crippen LogP contribution in [0, 0.1) is 13.8 Å². The Morgan fingerprint density at radius 1 is 0.778 bits per heavy atom. The van der Waals surface area contributed by atoms with Gasteiger partial charge in [0.05, 0.1) is 0 Å². The highest BCUT2D eigenvalue weighted by atomic mass is 16.5. The highest BCUT2D eigenvalue weighted by molar-refractivity contribution is 5.94. The minimum Gasteiger partial charge on any atom is -0.490 e. The molecule has 0 spiro atoms. The van der Waals surface area contributed by atoms with Crippen LogP contribution in [0.4, 0.5) is 0 Å². The number of hydrogen-bond acceptors (Lipinski definition) is 4. The first-order valence-electron chi connectivity index (χ1n) is 8.82. The third-order valence-electron chi connectivity index (χ3n) is 3.99. The van der Waals surface area contributed by atoms with Crippen molar-refractivity contribution in [3.8, 4) is 17.2 Å². The standard InChI is InChI=1S/C23H22O4/c1-17-12-13-21(18(2)16-17)27-23(24)20-10-6-7-11-22(20)26-15-14-25-19-8-4-3-5-9-19/h3-13,16H,14-15H2,1-2H3. The number of carbonyl (C=O) groups is 1. The van der Waals surface area contributed by atoms with E-state index in [0.29, 0.717) is 30.3 Å². The Balaban J connectivity index is 1.61. The molecule has 0 unspecified atom stereocenters. The molecule has 0 aliphatic rings. The predicted octanol–water partition coefficient (Wildman–Crippen LogP) is 4.98. The minimum absolute atomic E-state index is 0.322. The lowest BCUT2D eigenvalue weighted by atomic mass is 10.1. The van der Waals surface area contributed by atoms with Crippen LogP contribution in [0.3, 0.4) is 0 Å². The third kappa shape index (κ3) is 5.11. The number of para-hydroxylation sites is 2. The van der Waals surface area contributed by atoms with Crippen molar-refractivity contribution in [3.63, 3.8) is 0 Å². The highest BCUT2D eigenvalue weighted by Crippen LogP contribution is 2.23. The quantitative estimate of drug-likeness (QED) is 0.338. The van der Waals surface area contributed by atoms with E-state index in [0.717, 1.165) is 16.9 Å². The Morgan fingerprint density at radius 2 is 1.48 bits per heavy atom. The fourth-order valence-electron chi connectivity index (χ4n) is 2.66. The molecule has 0 amide bonds. The molecular weight excluding hydrogens is 340 g/mol. The number of benzene rings is 3. The van der Waals surface area contributed by atoms with Gasteiger partial charge in [-0.2, -0.15) is 0 Å². The Hall–Kier alpha value is -3.27. The maximum atomic E-state index is 12.6. The van der Waals surface area contributed by atoms with E-state index >= 15 is 0 Å². The van der Waals surface area contributed by atoms with Gasteiger partial charge in [-0.15, -0.1) is 0 Å². The second kappa shape index (κ2) is 8.90. The molecule has 3 aromatic rings. The largest absolute Gasteiger partial charge is 0.490 e. The van der Waals surface area contributed by atoms with Crippen LogP contribution in [0.25, 0.3) is 0 Å². The monoisotopic (exact) mass is 362 g/mol. The summed E-state index contributed by atoms with van der Waals surface area (Å²) in [5, 5.41) is 0. The molecule has 0 saturated carbocycles.